The summed E-state index contributed by atoms with van der Waals surface area (Å²) < 4.78 is 5.48. The molecule has 0 amide bonds. The molecule has 2 aliphatic rings. The highest BCUT2D eigenvalue weighted by molar-refractivity contribution is 14.0. The Labute approximate surface area is 193 Å². The Kier molecular flexibility index (Phi) is 9.95. The molecule has 2 N–H and O–H groups in total. The van der Waals surface area contributed by atoms with Crippen LogP contribution < -0.4 is 15.5 Å². The zero-order valence-electron chi connectivity index (χ0n) is 18.2. The van der Waals surface area contributed by atoms with Crippen LogP contribution in [0.3, 0.4) is 0 Å². The largest absolute Gasteiger partial charge is 0.378 e. The summed E-state index contributed by atoms with van der Waals surface area (Å²) in [6, 6.07) is 4.16. The second-order valence-corrected chi connectivity index (χ2v) is 8.67. The maximum Gasteiger partial charge on any atom is 0.191 e. The van der Waals surface area contributed by atoms with Crippen molar-refractivity contribution in [2.75, 3.05) is 44.8 Å². The van der Waals surface area contributed by atoms with Crippen molar-refractivity contribution < 1.29 is 4.74 Å². The van der Waals surface area contributed by atoms with Crippen molar-refractivity contribution in [1.82, 2.24) is 15.6 Å². The normalized spacial score (nSPS) is 19.2. The summed E-state index contributed by atoms with van der Waals surface area (Å²) in [6.45, 7) is 9.73. The molecule has 1 saturated carbocycles. The van der Waals surface area contributed by atoms with Gasteiger partial charge in [0.1, 0.15) is 5.82 Å². The van der Waals surface area contributed by atoms with E-state index in [4.69, 9.17) is 4.74 Å². The Morgan fingerprint density at radius 2 is 1.97 bits per heavy atom. The second-order valence-electron chi connectivity index (χ2n) is 8.67. The molecule has 0 radical (unpaired) electrons. The van der Waals surface area contributed by atoms with E-state index >= 15 is 0 Å². The van der Waals surface area contributed by atoms with Gasteiger partial charge in [-0.25, -0.2) is 4.98 Å². The molecule has 0 bridgehead atoms. The Balaban J connectivity index is 0.00000300. The van der Waals surface area contributed by atoms with Crippen LogP contribution in [0, 0.1) is 11.3 Å². The molecular weight excluding hydrogens is 477 g/mol. The highest BCUT2D eigenvalue weighted by atomic mass is 127. The molecule has 1 aliphatic heterocycles. The van der Waals surface area contributed by atoms with E-state index in [0.717, 1.165) is 57.1 Å². The van der Waals surface area contributed by atoms with Gasteiger partial charge in [0, 0.05) is 45.0 Å². The third kappa shape index (κ3) is 6.98. The van der Waals surface area contributed by atoms with Crippen molar-refractivity contribution in [3.8, 4) is 0 Å². The lowest BCUT2D eigenvalue weighted by Gasteiger charge is -2.32. The summed E-state index contributed by atoms with van der Waals surface area (Å²) in [5.74, 6) is 2.67. The van der Waals surface area contributed by atoms with E-state index in [1.54, 1.807) is 0 Å². The van der Waals surface area contributed by atoms with Gasteiger partial charge in [-0.15, -0.1) is 24.0 Å². The number of aromatic nitrogens is 1. The first-order valence-corrected chi connectivity index (χ1v) is 10.8. The molecule has 0 unspecified atom stereocenters. The fraction of sp³-hybridized carbons (Fsp3) is 0.727. The van der Waals surface area contributed by atoms with Gasteiger partial charge in [-0.2, -0.15) is 0 Å². The molecule has 2 heterocycles. The number of pyridine rings is 1. The number of nitrogens with one attached hydrogen (secondary N) is 2. The van der Waals surface area contributed by atoms with Crippen molar-refractivity contribution in [3.05, 3.63) is 23.9 Å². The zero-order chi connectivity index (χ0) is 19.8. The van der Waals surface area contributed by atoms with E-state index in [1.807, 2.05) is 19.3 Å². The molecule has 164 valence electrons. The molecule has 2 fully saturated rings. The van der Waals surface area contributed by atoms with Gasteiger partial charge in [-0.05, 0) is 36.7 Å². The molecule has 1 saturated heterocycles. The lowest BCUT2D eigenvalue weighted by atomic mass is 9.78. The molecule has 7 heteroatoms. The number of nitrogens with zero attached hydrogens (tertiary/aromatic N) is 3. The number of aliphatic imine (C=N–C) groups is 1. The summed E-state index contributed by atoms with van der Waals surface area (Å²) in [5, 5.41) is 7.11. The van der Waals surface area contributed by atoms with E-state index < -0.39 is 0 Å². The van der Waals surface area contributed by atoms with Crippen LogP contribution in [0.1, 0.15) is 51.5 Å². The molecule has 29 heavy (non-hydrogen) atoms. The number of guanidine groups is 1. The fourth-order valence-corrected chi connectivity index (χ4v) is 4.74. The molecule has 1 aromatic heterocycles. The van der Waals surface area contributed by atoms with Gasteiger partial charge in [0.2, 0.25) is 0 Å². The number of hydrogen-bond acceptors (Lipinski definition) is 4. The maximum absolute atomic E-state index is 5.48. The molecule has 0 spiro atoms. The minimum absolute atomic E-state index is 0. The van der Waals surface area contributed by atoms with Crippen molar-refractivity contribution in [2.45, 2.75) is 52.5 Å². The van der Waals surface area contributed by atoms with Gasteiger partial charge in [-0.1, -0.05) is 32.8 Å². The number of hydrogen-bond donors (Lipinski definition) is 2. The number of ether oxygens (including phenoxy) is 1. The molecule has 3 rings (SSSR count). The van der Waals surface area contributed by atoms with Crippen LogP contribution in [0.4, 0.5) is 5.82 Å². The third-order valence-corrected chi connectivity index (χ3v) is 5.98. The number of halogens is 1. The van der Waals surface area contributed by atoms with Crippen LogP contribution >= 0.6 is 24.0 Å². The minimum Gasteiger partial charge on any atom is -0.378 e. The van der Waals surface area contributed by atoms with Gasteiger partial charge < -0.3 is 20.3 Å². The summed E-state index contributed by atoms with van der Waals surface area (Å²) in [6.07, 6.45) is 8.55. The minimum atomic E-state index is 0. The van der Waals surface area contributed by atoms with Crippen molar-refractivity contribution in [2.24, 2.45) is 16.3 Å². The van der Waals surface area contributed by atoms with Gasteiger partial charge in [0.15, 0.2) is 5.96 Å². The Morgan fingerprint density at radius 3 is 2.62 bits per heavy atom. The number of morpholine rings is 1. The van der Waals surface area contributed by atoms with Crippen LogP contribution in [-0.2, 0) is 11.3 Å². The van der Waals surface area contributed by atoms with E-state index in [9.17, 15) is 0 Å². The van der Waals surface area contributed by atoms with E-state index in [0.29, 0.717) is 5.41 Å². The third-order valence-electron chi connectivity index (χ3n) is 5.98. The first kappa shape index (κ1) is 24.2. The van der Waals surface area contributed by atoms with E-state index in [1.165, 1.54) is 37.7 Å². The van der Waals surface area contributed by atoms with Crippen LogP contribution in [0.25, 0.3) is 0 Å². The summed E-state index contributed by atoms with van der Waals surface area (Å²) in [5.41, 5.74) is 1.63. The Bertz CT molecular complexity index is 640. The SMILES string of the molecule is CN=C(NCc1cccnc1N1CCOCC1)NCC1(CC(C)C)CCCC1.I. The van der Waals surface area contributed by atoms with Crippen LogP contribution in [-0.4, -0.2) is 50.8 Å². The number of anilines is 1. The number of rotatable bonds is 7. The lowest BCUT2D eigenvalue weighted by Crippen LogP contribution is -2.43. The van der Waals surface area contributed by atoms with Crippen LogP contribution in [0.5, 0.6) is 0 Å². The monoisotopic (exact) mass is 515 g/mol. The highest BCUT2D eigenvalue weighted by Crippen LogP contribution is 2.42. The van der Waals surface area contributed by atoms with Gasteiger partial charge >= 0.3 is 0 Å². The molecule has 6 nitrogen and oxygen atoms in total. The average Bonchev–Trinajstić information content (AvgIpc) is 3.17. The quantitative estimate of drug-likeness (QED) is 0.329. The molecule has 0 atom stereocenters. The van der Waals surface area contributed by atoms with Crippen molar-refractivity contribution in [3.63, 3.8) is 0 Å². The van der Waals surface area contributed by atoms with E-state index in [2.05, 4.69) is 45.4 Å². The van der Waals surface area contributed by atoms with Gasteiger partial charge in [0.25, 0.3) is 0 Å². The predicted octanol–water partition coefficient (Wildman–Crippen LogP) is 3.81. The van der Waals surface area contributed by atoms with Crippen molar-refractivity contribution >= 4 is 35.8 Å². The topological polar surface area (TPSA) is 61.8 Å². The summed E-state index contributed by atoms with van der Waals surface area (Å²) in [4.78, 5) is 11.4. The zero-order valence-corrected chi connectivity index (χ0v) is 20.6. The van der Waals surface area contributed by atoms with Crippen LogP contribution in [0.15, 0.2) is 23.3 Å². The second kappa shape index (κ2) is 11.9. The van der Waals surface area contributed by atoms with Crippen molar-refractivity contribution in [1.29, 1.82) is 0 Å². The fourth-order valence-electron chi connectivity index (χ4n) is 4.74. The average molecular weight is 515 g/mol. The smallest absolute Gasteiger partial charge is 0.191 e. The Hall–Kier alpha value is -1.09. The molecule has 0 aromatic carbocycles. The lowest BCUT2D eigenvalue weighted by molar-refractivity contribution is 0.122. The molecule has 1 aromatic rings. The first-order valence-electron chi connectivity index (χ1n) is 10.8. The van der Waals surface area contributed by atoms with Crippen LogP contribution in [0.2, 0.25) is 0 Å². The first-order chi connectivity index (χ1) is 13.6. The van der Waals surface area contributed by atoms with E-state index in [-0.39, 0.29) is 24.0 Å². The highest BCUT2D eigenvalue weighted by Gasteiger charge is 2.34. The molecular formula is C22H38IN5O. The Morgan fingerprint density at radius 1 is 1.24 bits per heavy atom. The predicted molar refractivity (Wildman–Crippen MR) is 131 cm³/mol. The summed E-state index contributed by atoms with van der Waals surface area (Å²) in [7, 11) is 1.85. The summed E-state index contributed by atoms with van der Waals surface area (Å²) >= 11 is 0. The molecule has 1 aliphatic carbocycles. The standard InChI is InChI=1S/C22H37N5O.HI/c1-18(2)15-22(8-4-5-9-22)17-26-21(23-3)25-16-19-7-6-10-24-20(19)27-11-13-28-14-12-27;/h6-7,10,18H,4-5,8-9,11-17H2,1-3H3,(H2,23,25,26);1H. The van der Waals surface area contributed by atoms with Gasteiger partial charge in [0.05, 0.1) is 13.2 Å². The van der Waals surface area contributed by atoms with Gasteiger partial charge in [-0.3, -0.25) is 4.99 Å². The maximum atomic E-state index is 5.48.